The standard InChI is InChI=1S/C13H12BrN3/c14-13-9(5-15)4-10(7-17-13)11-3-1-2-8-6-16-12(8)11/h3-4,7-8,12,16H,1-2,6H2. The van der Waals surface area contributed by atoms with Crippen molar-refractivity contribution in [3.8, 4) is 6.07 Å². The molecule has 1 saturated heterocycles. The van der Waals surface area contributed by atoms with Crippen LogP contribution in [0.3, 0.4) is 0 Å². The van der Waals surface area contributed by atoms with Crippen LogP contribution in [-0.2, 0) is 0 Å². The van der Waals surface area contributed by atoms with Crippen LogP contribution in [0.25, 0.3) is 5.57 Å². The summed E-state index contributed by atoms with van der Waals surface area (Å²) < 4.78 is 0.623. The molecule has 1 aliphatic heterocycles. The summed E-state index contributed by atoms with van der Waals surface area (Å²) in [6.45, 7) is 1.12. The Kier molecular flexibility index (Phi) is 2.73. The molecule has 1 fully saturated rings. The minimum Gasteiger partial charge on any atom is -0.309 e. The van der Waals surface area contributed by atoms with Crippen LogP contribution in [0.4, 0.5) is 0 Å². The molecule has 1 aromatic heterocycles. The van der Waals surface area contributed by atoms with Crippen LogP contribution in [0.15, 0.2) is 22.9 Å². The number of halogens is 1. The van der Waals surface area contributed by atoms with E-state index in [1.807, 2.05) is 12.3 Å². The summed E-state index contributed by atoms with van der Waals surface area (Å²) in [5.41, 5.74) is 2.99. The van der Waals surface area contributed by atoms with Crippen LogP contribution in [0, 0.1) is 17.2 Å². The van der Waals surface area contributed by atoms with Gasteiger partial charge in [-0.25, -0.2) is 4.98 Å². The summed E-state index contributed by atoms with van der Waals surface area (Å²) in [5, 5.41) is 12.5. The number of rotatable bonds is 1. The van der Waals surface area contributed by atoms with Gasteiger partial charge in [-0.1, -0.05) is 6.08 Å². The molecule has 2 unspecified atom stereocenters. The molecule has 0 saturated carbocycles. The van der Waals surface area contributed by atoms with Gasteiger partial charge in [0.15, 0.2) is 0 Å². The second-order valence-corrected chi connectivity index (χ2v) is 5.31. The first-order valence-electron chi connectivity index (χ1n) is 5.79. The first-order chi connectivity index (χ1) is 8.29. The molecule has 4 heteroatoms. The number of fused-ring (bicyclic) bond motifs is 1. The number of nitriles is 1. The zero-order chi connectivity index (χ0) is 11.8. The maximum Gasteiger partial charge on any atom is 0.123 e. The van der Waals surface area contributed by atoms with E-state index in [2.05, 4.69) is 38.4 Å². The second kappa shape index (κ2) is 4.25. The van der Waals surface area contributed by atoms with E-state index in [1.54, 1.807) is 0 Å². The Labute approximate surface area is 109 Å². The third-order valence-corrected chi connectivity index (χ3v) is 4.23. The zero-order valence-corrected chi connectivity index (χ0v) is 10.9. The Morgan fingerprint density at radius 3 is 3.12 bits per heavy atom. The summed E-state index contributed by atoms with van der Waals surface area (Å²) >= 11 is 3.29. The molecule has 17 heavy (non-hydrogen) atoms. The van der Waals surface area contributed by atoms with Crippen LogP contribution in [0.2, 0.25) is 0 Å². The maximum absolute atomic E-state index is 9.02. The number of pyridine rings is 1. The van der Waals surface area contributed by atoms with Gasteiger partial charge in [0.25, 0.3) is 0 Å². The maximum atomic E-state index is 9.02. The van der Waals surface area contributed by atoms with E-state index in [1.165, 1.54) is 12.0 Å². The summed E-state index contributed by atoms with van der Waals surface area (Å²) in [7, 11) is 0. The van der Waals surface area contributed by atoms with Crippen molar-refractivity contribution in [1.82, 2.24) is 10.3 Å². The van der Waals surface area contributed by atoms with Crippen molar-refractivity contribution in [3.05, 3.63) is 34.1 Å². The third kappa shape index (κ3) is 1.80. The van der Waals surface area contributed by atoms with Crippen LogP contribution in [0.1, 0.15) is 24.0 Å². The highest BCUT2D eigenvalue weighted by Gasteiger charge is 2.35. The van der Waals surface area contributed by atoms with Crippen LogP contribution in [-0.4, -0.2) is 17.6 Å². The Hall–Kier alpha value is -1.18. The molecule has 1 N–H and O–H groups in total. The highest BCUT2D eigenvalue weighted by atomic mass is 79.9. The normalized spacial score (nSPS) is 26.5. The van der Waals surface area contributed by atoms with Gasteiger partial charge in [-0.15, -0.1) is 0 Å². The Morgan fingerprint density at radius 1 is 1.53 bits per heavy atom. The minimum atomic E-state index is 0.471. The topological polar surface area (TPSA) is 48.7 Å². The molecule has 0 spiro atoms. The lowest BCUT2D eigenvalue weighted by Crippen LogP contribution is -2.54. The smallest absolute Gasteiger partial charge is 0.123 e. The average molecular weight is 290 g/mol. The van der Waals surface area contributed by atoms with Gasteiger partial charge < -0.3 is 5.32 Å². The van der Waals surface area contributed by atoms with E-state index in [-0.39, 0.29) is 0 Å². The third-order valence-electron chi connectivity index (χ3n) is 3.60. The monoisotopic (exact) mass is 289 g/mol. The van der Waals surface area contributed by atoms with E-state index in [0.717, 1.165) is 24.4 Å². The highest BCUT2D eigenvalue weighted by Crippen LogP contribution is 2.36. The highest BCUT2D eigenvalue weighted by molar-refractivity contribution is 9.10. The molecule has 0 radical (unpaired) electrons. The summed E-state index contributed by atoms with van der Waals surface area (Å²) in [4.78, 5) is 4.23. The molecule has 0 amide bonds. The molecule has 2 heterocycles. The molecule has 1 aliphatic carbocycles. The van der Waals surface area contributed by atoms with E-state index in [0.29, 0.717) is 16.2 Å². The van der Waals surface area contributed by atoms with Crippen LogP contribution in [0.5, 0.6) is 0 Å². The fourth-order valence-electron chi connectivity index (χ4n) is 2.60. The number of allylic oxidation sites excluding steroid dienone is 1. The molecule has 2 aliphatic rings. The molecular weight excluding hydrogens is 278 g/mol. The second-order valence-electron chi connectivity index (χ2n) is 4.56. The van der Waals surface area contributed by atoms with Gasteiger partial charge in [0.05, 0.1) is 5.56 Å². The first-order valence-corrected chi connectivity index (χ1v) is 6.58. The van der Waals surface area contributed by atoms with Gasteiger partial charge in [0.2, 0.25) is 0 Å². The van der Waals surface area contributed by atoms with E-state index >= 15 is 0 Å². The van der Waals surface area contributed by atoms with Crippen molar-refractivity contribution in [2.45, 2.75) is 18.9 Å². The van der Waals surface area contributed by atoms with E-state index < -0.39 is 0 Å². The summed E-state index contributed by atoms with van der Waals surface area (Å²) in [6.07, 6.45) is 6.53. The Balaban J connectivity index is 1.99. The quantitative estimate of drug-likeness (QED) is 0.808. The first kappa shape index (κ1) is 10.9. The van der Waals surface area contributed by atoms with Crippen LogP contribution < -0.4 is 5.32 Å². The molecule has 1 aromatic rings. The van der Waals surface area contributed by atoms with Crippen molar-refractivity contribution in [1.29, 1.82) is 5.26 Å². The lowest BCUT2D eigenvalue weighted by atomic mass is 9.76. The number of nitrogens with zero attached hydrogens (tertiary/aromatic N) is 2. The van der Waals surface area contributed by atoms with Gasteiger partial charge in [0, 0.05) is 18.8 Å². The summed E-state index contributed by atoms with van der Waals surface area (Å²) in [5.74, 6) is 0.768. The molecule has 3 nitrogen and oxygen atoms in total. The molecule has 2 atom stereocenters. The SMILES string of the molecule is N#Cc1cc(C2=CCCC3CNC23)cnc1Br. The van der Waals surface area contributed by atoms with E-state index in [9.17, 15) is 0 Å². The van der Waals surface area contributed by atoms with E-state index in [4.69, 9.17) is 5.26 Å². The number of aromatic nitrogens is 1. The van der Waals surface area contributed by atoms with Gasteiger partial charge in [-0.2, -0.15) is 5.26 Å². The largest absolute Gasteiger partial charge is 0.309 e. The zero-order valence-electron chi connectivity index (χ0n) is 9.28. The molecule has 3 rings (SSSR count). The van der Waals surface area contributed by atoms with Crippen molar-refractivity contribution in [2.75, 3.05) is 6.54 Å². The Bertz CT molecular complexity index is 530. The molecule has 0 bridgehead atoms. The van der Waals surface area contributed by atoms with Gasteiger partial charge in [0.1, 0.15) is 10.7 Å². The number of hydrogen-bond acceptors (Lipinski definition) is 3. The minimum absolute atomic E-state index is 0.471. The van der Waals surface area contributed by atoms with Gasteiger partial charge in [-0.3, -0.25) is 0 Å². The number of hydrogen-bond donors (Lipinski definition) is 1. The predicted molar refractivity (Wildman–Crippen MR) is 69.1 cm³/mol. The average Bonchev–Trinajstić information content (AvgIpc) is 2.31. The molecular formula is C13H12BrN3. The van der Waals surface area contributed by atoms with Crippen molar-refractivity contribution in [3.63, 3.8) is 0 Å². The summed E-state index contributed by atoms with van der Waals surface area (Å²) in [6, 6.07) is 4.55. The lowest BCUT2D eigenvalue weighted by molar-refractivity contribution is 0.262. The fourth-order valence-corrected chi connectivity index (χ4v) is 2.90. The van der Waals surface area contributed by atoms with Gasteiger partial charge in [-0.05, 0) is 51.9 Å². The van der Waals surface area contributed by atoms with Crippen molar-refractivity contribution < 1.29 is 0 Å². The number of nitrogens with one attached hydrogen (secondary N) is 1. The Morgan fingerprint density at radius 2 is 2.41 bits per heavy atom. The fraction of sp³-hybridized carbons (Fsp3) is 0.385. The predicted octanol–water partition coefficient (Wildman–Crippen LogP) is 2.48. The van der Waals surface area contributed by atoms with Gasteiger partial charge >= 0.3 is 0 Å². The van der Waals surface area contributed by atoms with Crippen molar-refractivity contribution >= 4 is 21.5 Å². The lowest BCUT2D eigenvalue weighted by Gasteiger charge is -2.42. The van der Waals surface area contributed by atoms with Crippen molar-refractivity contribution in [2.24, 2.45) is 5.92 Å². The molecule has 86 valence electrons. The molecule has 0 aromatic carbocycles. The van der Waals surface area contributed by atoms with Crippen LogP contribution >= 0.6 is 15.9 Å².